The minimum Gasteiger partial charge on any atom is -0.478 e. The van der Waals surface area contributed by atoms with Crippen molar-refractivity contribution in [1.29, 1.82) is 0 Å². The lowest BCUT2D eigenvalue weighted by atomic mass is 10.0. The van der Waals surface area contributed by atoms with Crippen molar-refractivity contribution in [3.63, 3.8) is 0 Å². The maximum atomic E-state index is 11.7. The van der Waals surface area contributed by atoms with Gasteiger partial charge in [0.1, 0.15) is 12.5 Å². The van der Waals surface area contributed by atoms with Crippen molar-refractivity contribution >= 4 is 5.91 Å². The number of carbonyl (C=O) groups excluding carboxylic acids is 1. The molecule has 2 rings (SSSR count). The van der Waals surface area contributed by atoms with Crippen LogP contribution in [0.4, 0.5) is 0 Å². The summed E-state index contributed by atoms with van der Waals surface area (Å²) in [6.45, 7) is 1.68. The Balaban J connectivity index is 1.80. The van der Waals surface area contributed by atoms with Gasteiger partial charge >= 0.3 is 0 Å². The quantitative estimate of drug-likeness (QED) is 0.865. The molecule has 20 heavy (non-hydrogen) atoms. The van der Waals surface area contributed by atoms with Gasteiger partial charge in [-0.05, 0) is 12.1 Å². The standard InChI is InChI=1S/C15H22N2O3/c1-16(2)15(19)8-12-9-17(10-14(12)18)11-20-13-6-4-3-5-7-13/h3-7,12,14,18H,8-11H2,1-2H3/t12-,14-/m1/s1. The molecule has 0 spiro atoms. The Hall–Kier alpha value is -1.59. The van der Waals surface area contributed by atoms with Gasteiger partial charge in [0, 0.05) is 39.5 Å². The highest BCUT2D eigenvalue weighted by molar-refractivity contribution is 5.75. The first-order chi connectivity index (χ1) is 9.56. The van der Waals surface area contributed by atoms with E-state index >= 15 is 0 Å². The number of likely N-dealkylation sites (tertiary alicyclic amines) is 1. The molecule has 1 aromatic rings. The van der Waals surface area contributed by atoms with Crippen molar-refractivity contribution in [2.45, 2.75) is 12.5 Å². The molecule has 1 aliphatic heterocycles. The van der Waals surface area contributed by atoms with E-state index in [2.05, 4.69) is 0 Å². The van der Waals surface area contributed by atoms with E-state index in [1.54, 1.807) is 19.0 Å². The van der Waals surface area contributed by atoms with Crippen LogP contribution in [0.25, 0.3) is 0 Å². The number of aliphatic hydroxyl groups excluding tert-OH is 1. The SMILES string of the molecule is CN(C)C(=O)C[C@@H]1CN(COc2ccccc2)C[C@H]1O. The van der Waals surface area contributed by atoms with Crippen molar-refractivity contribution in [3.05, 3.63) is 30.3 Å². The lowest BCUT2D eigenvalue weighted by Gasteiger charge is -2.17. The van der Waals surface area contributed by atoms with Crippen LogP contribution < -0.4 is 4.74 Å². The highest BCUT2D eigenvalue weighted by Crippen LogP contribution is 2.21. The molecule has 110 valence electrons. The lowest BCUT2D eigenvalue weighted by Crippen LogP contribution is -2.29. The van der Waals surface area contributed by atoms with Gasteiger partial charge in [0.25, 0.3) is 0 Å². The van der Waals surface area contributed by atoms with Crippen molar-refractivity contribution in [1.82, 2.24) is 9.80 Å². The van der Waals surface area contributed by atoms with E-state index in [1.807, 2.05) is 35.2 Å². The zero-order chi connectivity index (χ0) is 14.5. The second-order valence-electron chi connectivity index (χ2n) is 5.44. The number of para-hydroxylation sites is 1. The number of nitrogens with zero attached hydrogens (tertiary/aromatic N) is 2. The Labute approximate surface area is 119 Å². The fourth-order valence-electron chi connectivity index (χ4n) is 2.34. The van der Waals surface area contributed by atoms with Gasteiger partial charge < -0.3 is 14.7 Å². The lowest BCUT2D eigenvalue weighted by molar-refractivity contribution is -0.130. The van der Waals surface area contributed by atoms with Crippen molar-refractivity contribution in [2.24, 2.45) is 5.92 Å². The Morgan fingerprint density at radius 2 is 2.05 bits per heavy atom. The summed E-state index contributed by atoms with van der Waals surface area (Å²) >= 11 is 0. The second kappa shape index (κ2) is 6.72. The van der Waals surface area contributed by atoms with Crippen LogP contribution >= 0.6 is 0 Å². The summed E-state index contributed by atoms with van der Waals surface area (Å²) in [5, 5.41) is 10.0. The molecule has 1 fully saturated rings. The number of amides is 1. The molecule has 0 saturated carbocycles. The Morgan fingerprint density at radius 3 is 2.70 bits per heavy atom. The van der Waals surface area contributed by atoms with Crippen LogP contribution in [0.5, 0.6) is 5.75 Å². The van der Waals surface area contributed by atoms with Crippen LogP contribution in [-0.2, 0) is 4.79 Å². The van der Waals surface area contributed by atoms with Crippen LogP contribution in [-0.4, -0.2) is 60.8 Å². The number of ether oxygens (including phenoxy) is 1. The normalized spacial score (nSPS) is 22.8. The zero-order valence-electron chi connectivity index (χ0n) is 12.0. The molecule has 5 nitrogen and oxygen atoms in total. The van der Waals surface area contributed by atoms with Crippen LogP contribution in [0.1, 0.15) is 6.42 Å². The molecule has 1 N–H and O–H groups in total. The fourth-order valence-corrected chi connectivity index (χ4v) is 2.34. The molecular weight excluding hydrogens is 256 g/mol. The summed E-state index contributed by atoms with van der Waals surface area (Å²) < 4.78 is 5.66. The van der Waals surface area contributed by atoms with E-state index in [9.17, 15) is 9.90 Å². The molecule has 1 saturated heterocycles. The molecule has 0 radical (unpaired) electrons. The summed E-state index contributed by atoms with van der Waals surface area (Å²) in [5.74, 6) is 0.860. The number of benzene rings is 1. The number of β-amino-alcohol motifs (C(OH)–C–C–N with tert-alkyl or cyclic N) is 1. The largest absolute Gasteiger partial charge is 0.478 e. The van der Waals surface area contributed by atoms with E-state index in [0.29, 0.717) is 26.2 Å². The minimum absolute atomic E-state index is 0.00993. The third-order valence-electron chi connectivity index (χ3n) is 3.57. The van der Waals surface area contributed by atoms with Gasteiger partial charge in [-0.25, -0.2) is 0 Å². The average molecular weight is 278 g/mol. The van der Waals surface area contributed by atoms with Gasteiger partial charge in [-0.15, -0.1) is 0 Å². The summed E-state index contributed by atoms with van der Waals surface area (Å²) in [7, 11) is 3.47. The van der Waals surface area contributed by atoms with E-state index in [0.717, 1.165) is 5.75 Å². The summed E-state index contributed by atoms with van der Waals surface area (Å²) in [4.78, 5) is 15.3. The van der Waals surface area contributed by atoms with Gasteiger partial charge in [-0.1, -0.05) is 18.2 Å². The van der Waals surface area contributed by atoms with Crippen LogP contribution in [0.2, 0.25) is 0 Å². The first-order valence-electron chi connectivity index (χ1n) is 6.84. The molecule has 5 heteroatoms. The minimum atomic E-state index is -0.460. The van der Waals surface area contributed by atoms with Crippen LogP contribution in [0.3, 0.4) is 0 Å². The van der Waals surface area contributed by atoms with Crippen LogP contribution in [0, 0.1) is 5.92 Å². The highest BCUT2D eigenvalue weighted by Gasteiger charge is 2.33. The molecule has 0 aliphatic carbocycles. The monoisotopic (exact) mass is 278 g/mol. The molecule has 1 aromatic carbocycles. The molecular formula is C15H22N2O3. The van der Waals surface area contributed by atoms with Crippen molar-refractivity contribution in [3.8, 4) is 5.75 Å². The smallest absolute Gasteiger partial charge is 0.222 e. The number of rotatable bonds is 5. The van der Waals surface area contributed by atoms with Gasteiger partial charge in [-0.3, -0.25) is 9.69 Å². The van der Waals surface area contributed by atoms with Gasteiger partial charge in [0.05, 0.1) is 6.10 Å². The molecule has 0 bridgehead atoms. The summed E-state index contributed by atoms with van der Waals surface area (Å²) in [5.41, 5.74) is 0. The summed E-state index contributed by atoms with van der Waals surface area (Å²) in [6.07, 6.45) is -0.0750. The number of aliphatic hydroxyl groups is 1. The Bertz CT molecular complexity index is 436. The van der Waals surface area contributed by atoms with E-state index in [4.69, 9.17) is 4.74 Å². The van der Waals surface area contributed by atoms with E-state index < -0.39 is 6.10 Å². The Kier molecular flexibility index (Phi) is 4.98. The fraction of sp³-hybridized carbons (Fsp3) is 0.533. The molecule has 2 atom stereocenters. The van der Waals surface area contributed by atoms with E-state index in [1.165, 1.54) is 0 Å². The first-order valence-corrected chi connectivity index (χ1v) is 6.84. The molecule has 1 amide bonds. The van der Waals surface area contributed by atoms with Crippen molar-refractivity contribution in [2.75, 3.05) is 33.9 Å². The van der Waals surface area contributed by atoms with Gasteiger partial charge in [0.15, 0.2) is 0 Å². The number of hydrogen-bond donors (Lipinski definition) is 1. The van der Waals surface area contributed by atoms with Gasteiger partial charge in [0.2, 0.25) is 5.91 Å². The van der Waals surface area contributed by atoms with E-state index in [-0.39, 0.29) is 11.8 Å². The second-order valence-corrected chi connectivity index (χ2v) is 5.44. The molecule has 0 unspecified atom stereocenters. The predicted molar refractivity (Wildman–Crippen MR) is 76.3 cm³/mol. The third kappa shape index (κ3) is 3.95. The maximum absolute atomic E-state index is 11.7. The molecule has 1 aliphatic rings. The number of hydrogen-bond acceptors (Lipinski definition) is 4. The Morgan fingerprint density at radius 1 is 1.35 bits per heavy atom. The summed E-state index contributed by atoms with van der Waals surface area (Å²) in [6, 6.07) is 9.59. The first kappa shape index (κ1) is 14.8. The van der Waals surface area contributed by atoms with Gasteiger partial charge in [-0.2, -0.15) is 0 Å². The topological polar surface area (TPSA) is 53.0 Å². The van der Waals surface area contributed by atoms with Crippen molar-refractivity contribution < 1.29 is 14.6 Å². The van der Waals surface area contributed by atoms with Crippen LogP contribution in [0.15, 0.2) is 30.3 Å². The zero-order valence-corrected chi connectivity index (χ0v) is 12.0. The number of carbonyl (C=O) groups is 1. The highest BCUT2D eigenvalue weighted by atomic mass is 16.5. The predicted octanol–water partition coefficient (Wildman–Crippen LogP) is 0.794. The third-order valence-corrected chi connectivity index (χ3v) is 3.57. The maximum Gasteiger partial charge on any atom is 0.222 e. The average Bonchev–Trinajstić information content (AvgIpc) is 2.78. The molecule has 1 heterocycles. The molecule has 0 aromatic heterocycles.